The smallest absolute Gasteiger partial charge is 0.215 e. The molecule has 2 aromatic carbocycles. The number of nitrogens with zero attached hydrogens (tertiary/aromatic N) is 1. The lowest BCUT2D eigenvalue weighted by atomic mass is 9.90. The van der Waals surface area contributed by atoms with Gasteiger partial charge in [0.25, 0.3) is 0 Å². The van der Waals surface area contributed by atoms with Gasteiger partial charge in [-0.1, -0.05) is 54.6 Å². The zero-order valence-corrected chi connectivity index (χ0v) is 18.9. The molecular weight excluding hydrogens is 424 g/mol. The molecule has 164 valence electrons. The highest BCUT2D eigenvalue weighted by atomic mass is 32.1. The monoisotopic (exact) mass is 449 g/mol. The van der Waals surface area contributed by atoms with Crippen LogP contribution in [-0.4, -0.2) is 10.1 Å². The van der Waals surface area contributed by atoms with Crippen molar-refractivity contribution >= 4 is 33.7 Å². The Labute approximate surface area is 190 Å². The quantitative estimate of drug-likeness (QED) is 0.325. The van der Waals surface area contributed by atoms with Crippen LogP contribution < -0.4 is 0 Å². The minimum atomic E-state index is -0.881. The molecule has 5 heteroatoms. The van der Waals surface area contributed by atoms with Crippen LogP contribution in [0.5, 0.6) is 0 Å². The third kappa shape index (κ3) is 5.12. The summed E-state index contributed by atoms with van der Waals surface area (Å²) in [5.74, 6) is -0.881. The van der Waals surface area contributed by atoms with E-state index in [2.05, 4.69) is 23.2 Å². The van der Waals surface area contributed by atoms with Crippen molar-refractivity contribution in [2.24, 2.45) is 0 Å². The number of rotatable bonds is 7. The molecule has 0 saturated heterocycles. The van der Waals surface area contributed by atoms with Crippen molar-refractivity contribution in [3.63, 3.8) is 0 Å². The topological polar surface area (TPSA) is 33.1 Å². The van der Waals surface area contributed by atoms with Crippen LogP contribution in [0.25, 0.3) is 22.4 Å². The molecule has 32 heavy (non-hydrogen) atoms. The highest BCUT2D eigenvalue weighted by Gasteiger charge is 2.19. The molecule has 4 aromatic rings. The maximum atomic E-state index is 13.8. The molecule has 0 fully saturated rings. The summed E-state index contributed by atoms with van der Waals surface area (Å²) in [5, 5.41) is 9.57. The van der Waals surface area contributed by atoms with E-state index in [1.807, 2.05) is 56.3 Å². The van der Waals surface area contributed by atoms with E-state index in [1.165, 1.54) is 11.1 Å². The fraction of sp³-hybridized carbons (Fsp3) is 0.222. The summed E-state index contributed by atoms with van der Waals surface area (Å²) in [4.78, 5) is 4.23. The molecule has 0 unspecified atom stereocenters. The third-order valence-electron chi connectivity index (χ3n) is 5.45. The van der Waals surface area contributed by atoms with Gasteiger partial charge in [0.05, 0.1) is 16.0 Å². The summed E-state index contributed by atoms with van der Waals surface area (Å²) < 4.78 is 27.7. The molecule has 0 aliphatic heterocycles. The van der Waals surface area contributed by atoms with Crippen molar-refractivity contribution in [3.8, 4) is 0 Å². The first kappa shape index (κ1) is 22.3. The lowest BCUT2D eigenvalue weighted by molar-refractivity contribution is 0.0776. The number of hydrogen-bond donors (Lipinski definition) is 1. The summed E-state index contributed by atoms with van der Waals surface area (Å²) in [6.45, 7) is 3.63. The van der Waals surface area contributed by atoms with E-state index >= 15 is 0 Å². The van der Waals surface area contributed by atoms with Gasteiger partial charge in [-0.05, 0) is 73.6 Å². The average molecular weight is 450 g/mol. The van der Waals surface area contributed by atoms with Gasteiger partial charge >= 0.3 is 0 Å². The summed E-state index contributed by atoms with van der Waals surface area (Å²) in [6, 6.07) is 19.8. The van der Waals surface area contributed by atoms with Gasteiger partial charge in [0.2, 0.25) is 5.13 Å². The highest BCUT2D eigenvalue weighted by Crippen LogP contribution is 2.28. The van der Waals surface area contributed by atoms with E-state index < -0.39 is 16.5 Å². The molecule has 0 atom stereocenters. The van der Waals surface area contributed by atoms with Crippen LogP contribution in [0, 0.1) is 10.9 Å². The zero-order chi connectivity index (χ0) is 22.7. The van der Waals surface area contributed by atoms with Gasteiger partial charge in [-0.2, -0.15) is 4.39 Å². The van der Waals surface area contributed by atoms with Gasteiger partial charge in [-0.3, -0.25) is 0 Å². The maximum absolute atomic E-state index is 13.8. The number of aryl methyl sites for hydroxylation is 2. The fourth-order valence-electron chi connectivity index (χ4n) is 3.88. The van der Waals surface area contributed by atoms with Gasteiger partial charge in [-0.15, -0.1) is 11.3 Å². The Bertz CT molecular complexity index is 1270. The number of aliphatic hydroxyl groups is 1. The number of hydrogen-bond acceptors (Lipinski definition) is 3. The fourth-order valence-corrected chi connectivity index (χ4v) is 4.63. The average Bonchev–Trinajstić information content (AvgIpc) is 3.05. The molecule has 2 aromatic heterocycles. The maximum Gasteiger partial charge on any atom is 0.215 e. The van der Waals surface area contributed by atoms with Crippen LogP contribution in [-0.2, 0) is 18.4 Å². The number of aromatic nitrogens is 1. The second-order valence-corrected chi connectivity index (χ2v) is 9.42. The van der Waals surface area contributed by atoms with Crippen molar-refractivity contribution in [1.29, 1.82) is 0 Å². The summed E-state index contributed by atoms with van der Waals surface area (Å²) in [7, 11) is 0. The first-order valence-corrected chi connectivity index (χ1v) is 11.5. The van der Waals surface area contributed by atoms with Crippen LogP contribution in [0.3, 0.4) is 0 Å². The number of fused-ring (bicyclic) bond motifs is 1. The van der Waals surface area contributed by atoms with E-state index in [-0.39, 0.29) is 5.52 Å². The summed E-state index contributed by atoms with van der Waals surface area (Å²) in [5.41, 5.74) is 4.21. The van der Waals surface area contributed by atoms with E-state index in [4.69, 9.17) is 0 Å². The summed E-state index contributed by atoms with van der Waals surface area (Å²) >= 11 is 0.770. The molecule has 1 N–H and O–H groups in total. The van der Waals surface area contributed by atoms with Gasteiger partial charge in [0.15, 0.2) is 5.82 Å². The van der Waals surface area contributed by atoms with E-state index in [0.29, 0.717) is 10.4 Å². The molecule has 0 aliphatic carbocycles. The van der Waals surface area contributed by atoms with E-state index in [9.17, 15) is 13.9 Å². The molecule has 0 aliphatic rings. The Morgan fingerprint density at radius 1 is 0.969 bits per heavy atom. The van der Waals surface area contributed by atoms with Crippen molar-refractivity contribution in [2.45, 2.75) is 38.7 Å². The Kier molecular flexibility index (Phi) is 6.49. The molecular formula is C27H25F2NOS. The normalized spacial score (nSPS) is 12.2. The van der Waals surface area contributed by atoms with Gasteiger partial charge in [0, 0.05) is 0 Å². The molecule has 2 heterocycles. The highest BCUT2D eigenvalue weighted by molar-refractivity contribution is 7.17. The van der Waals surface area contributed by atoms with Crippen molar-refractivity contribution in [2.75, 3.05) is 0 Å². The first-order chi connectivity index (χ1) is 15.3. The Hall–Kier alpha value is -2.89. The third-order valence-corrected chi connectivity index (χ3v) is 6.35. The molecule has 0 saturated carbocycles. The van der Waals surface area contributed by atoms with Gasteiger partial charge < -0.3 is 5.11 Å². The Morgan fingerprint density at radius 3 is 2.59 bits per heavy atom. The lowest BCUT2D eigenvalue weighted by Gasteiger charge is -2.21. The van der Waals surface area contributed by atoms with Crippen molar-refractivity contribution in [1.82, 2.24) is 4.98 Å². The molecule has 0 spiro atoms. The minimum Gasteiger partial charge on any atom is -0.386 e. The Balaban J connectivity index is 1.43. The van der Waals surface area contributed by atoms with Crippen LogP contribution in [0.2, 0.25) is 0 Å². The number of thiophene rings is 1. The standard InChI is InChI=1S/C27H25F2NOS/c1-27(2,31)22-12-4-3-10-20(22)11-6-9-18-7-5-8-19(17-18)13-14-21-15-16-23-25(30-21)24(28)26(29)32-23/h3-5,7-8,10,12-17,31H,6,9,11H2,1-2H3. The predicted octanol–water partition coefficient (Wildman–Crippen LogP) is 7.15. The zero-order valence-electron chi connectivity index (χ0n) is 18.1. The first-order valence-electron chi connectivity index (χ1n) is 10.6. The van der Waals surface area contributed by atoms with Crippen molar-refractivity contribution in [3.05, 3.63) is 99.6 Å². The molecule has 0 radical (unpaired) electrons. The number of pyridine rings is 1. The number of benzene rings is 2. The SMILES string of the molecule is CC(C)(O)c1ccccc1CCCc1cccc(C=Cc2ccc3sc(F)c(F)c3n2)c1. The second-order valence-electron chi connectivity index (χ2n) is 8.42. The number of halogens is 2. The molecule has 0 bridgehead atoms. The van der Waals surface area contributed by atoms with Crippen LogP contribution >= 0.6 is 11.3 Å². The lowest BCUT2D eigenvalue weighted by Crippen LogP contribution is -2.18. The predicted molar refractivity (Wildman–Crippen MR) is 129 cm³/mol. The van der Waals surface area contributed by atoms with Crippen molar-refractivity contribution < 1.29 is 13.9 Å². The molecule has 4 rings (SSSR count). The van der Waals surface area contributed by atoms with Crippen LogP contribution in [0.1, 0.15) is 48.2 Å². The largest absolute Gasteiger partial charge is 0.386 e. The van der Waals surface area contributed by atoms with E-state index in [1.54, 1.807) is 12.1 Å². The van der Waals surface area contributed by atoms with Gasteiger partial charge in [-0.25, -0.2) is 9.37 Å². The minimum absolute atomic E-state index is 0.0785. The van der Waals surface area contributed by atoms with E-state index in [0.717, 1.165) is 41.7 Å². The Morgan fingerprint density at radius 2 is 1.78 bits per heavy atom. The van der Waals surface area contributed by atoms with Crippen LogP contribution in [0.4, 0.5) is 8.78 Å². The molecule has 0 amide bonds. The summed E-state index contributed by atoms with van der Waals surface area (Å²) in [6.07, 6.45) is 6.54. The molecule has 2 nitrogen and oxygen atoms in total. The van der Waals surface area contributed by atoms with Crippen LogP contribution in [0.15, 0.2) is 60.7 Å². The van der Waals surface area contributed by atoms with Gasteiger partial charge in [0.1, 0.15) is 5.52 Å². The second kappa shape index (κ2) is 9.31.